The van der Waals surface area contributed by atoms with E-state index in [1.54, 1.807) is 0 Å². The minimum atomic E-state index is -3.64. The van der Waals surface area contributed by atoms with Gasteiger partial charge < -0.3 is 41.3 Å². The number of nitrogens with two attached hydrogens (primary N) is 2. The van der Waals surface area contributed by atoms with Crippen LogP contribution in [0.2, 0.25) is 0 Å². The Labute approximate surface area is 187 Å². The summed E-state index contributed by atoms with van der Waals surface area (Å²) >= 11 is 0. The molecule has 12 N–H and O–H groups in total. The number of rotatable bonds is 2. The van der Waals surface area contributed by atoms with Gasteiger partial charge in [0.1, 0.15) is 0 Å². The van der Waals surface area contributed by atoms with E-state index in [1.807, 2.05) is 0 Å². The van der Waals surface area contributed by atoms with Gasteiger partial charge >= 0.3 is 35.4 Å². The summed E-state index contributed by atoms with van der Waals surface area (Å²) in [6.07, 6.45) is 0. The zero-order valence-corrected chi connectivity index (χ0v) is 21.1. The van der Waals surface area contributed by atoms with Crippen molar-refractivity contribution in [2.24, 2.45) is 11.5 Å². The Morgan fingerprint density at radius 1 is 0.808 bits per heavy atom. The fourth-order valence-corrected chi connectivity index (χ4v) is 0. The van der Waals surface area contributed by atoms with Crippen LogP contribution >= 0.6 is 23.4 Å². The second kappa shape index (κ2) is 28.2. The smallest absolute Gasteiger partial charge is 0.480 e. The van der Waals surface area contributed by atoms with E-state index >= 15 is 0 Å². The molecular weight excluding hydrogens is 583 g/mol. The molecule has 0 spiro atoms. The predicted molar refractivity (Wildman–Crippen MR) is 81.4 cm³/mol. The summed E-state index contributed by atoms with van der Waals surface area (Å²) in [5.41, 5.74) is 9.14. The van der Waals surface area contributed by atoms with Crippen LogP contribution in [0.3, 0.4) is 0 Å². The third kappa shape index (κ3) is 585. The maximum atomic E-state index is 9.33. The number of carbonyl (C=O) groups is 2. The van der Waals surface area contributed by atoms with Crippen molar-refractivity contribution in [3.8, 4) is 0 Å². The van der Waals surface area contributed by atoms with E-state index in [-0.39, 0.29) is 65.5 Å². The van der Waals surface area contributed by atoms with Crippen molar-refractivity contribution in [2.75, 3.05) is 26.4 Å². The first-order chi connectivity index (χ1) is 10.3. The predicted octanol–water partition coefficient (Wildman–Crippen LogP) is -2.73. The second-order valence-electron chi connectivity index (χ2n) is 3.12. The molecule has 15 nitrogen and oxygen atoms in total. The molecule has 0 rings (SSSR count). The summed E-state index contributed by atoms with van der Waals surface area (Å²) < 4.78 is 27.4. The Hall–Kier alpha value is 0.946. The van der Waals surface area contributed by atoms with Gasteiger partial charge in [0.15, 0.2) is 0 Å². The monoisotopic (exact) mass is 603 g/mol. The number of carboxylic acids is 2. The van der Waals surface area contributed by atoms with Gasteiger partial charge in [-0.25, -0.2) is 0 Å². The van der Waals surface area contributed by atoms with Crippen LogP contribution in [0.1, 0.15) is 0 Å². The SMILES string of the molecule is CP(=O)(O)O.CP(=O)(O)O.NCC(=O)O.NCC(=O)O.O=[P+](O)O.[Zr].[Zr]. The summed E-state index contributed by atoms with van der Waals surface area (Å²) in [6, 6.07) is 0. The van der Waals surface area contributed by atoms with Crippen molar-refractivity contribution < 1.29 is 115 Å². The van der Waals surface area contributed by atoms with Crippen molar-refractivity contribution in [3.05, 3.63) is 0 Å². The van der Waals surface area contributed by atoms with Crippen LogP contribution in [0.5, 0.6) is 0 Å². The molecule has 0 aromatic rings. The summed E-state index contributed by atoms with van der Waals surface area (Å²) in [6.45, 7) is 1.15. The largest absolute Gasteiger partial charge is 0.692 e. The molecule has 0 unspecified atom stereocenters. The van der Waals surface area contributed by atoms with Crippen LogP contribution in [0, 0.1) is 0 Å². The van der Waals surface area contributed by atoms with Gasteiger partial charge in [0.2, 0.25) is 0 Å². The van der Waals surface area contributed by atoms with Gasteiger partial charge in [-0.2, -0.15) is 0 Å². The van der Waals surface area contributed by atoms with Gasteiger partial charge in [0, 0.05) is 70.3 Å². The Balaban J connectivity index is -0.0000000341. The number of hydrogen-bond donors (Lipinski definition) is 10. The fraction of sp³-hybridized carbons (Fsp3) is 0.667. The molecule has 0 heterocycles. The quantitative estimate of drug-likeness (QED) is 0.143. The van der Waals surface area contributed by atoms with Crippen molar-refractivity contribution in [2.45, 2.75) is 0 Å². The number of carboxylic acid groups (broad SMARTS) is 2. The minimum absolute atomic E-state index is 0. The van der Waals surface area contributed by atoms with E-state index in [1.165, 1.54) is 0 Å². The normalized spacial score (nSPS) is 8.38. The molecule has 0 bridgehead atoms. The van der Waals surface area contributed by atoms with E-state index in [0.717, 1.165) is 13.3 Å². The first-order valence-corrected chi connectivity index (χ1v) is 10.3. The van der Waals surface area contributed by atoms with Crippen LogP contribution in [-0.4, -0.2) is 77.9 Å². The summed E-state index contributed by atoms with van der Waals surface area (Å²) in [7, 11) is -10.1. The maximum Gasteiger partial charge on any atom is 0.692 e. The molecular formula is C6H22N2O13P3Zr2+. The van der Waals surface area contributed by atoms with E-state index in [0.29, 0.717) is 0 Å². The molecule has 0 radical (unpaired) electrons. The van der Waals surface area contributed by atoms with Gasteiger partial charge in [-0.1, -0.05) is 0 Å². The third-order valence-corrected chi connectivity index (χ3v) is 0.349. The molecule has 0 saturated carbocycles. The van der Waals surface area contributed by atoms with Gasteiger partial charge in [-0.3, -0.25) is 18.7 Å². The van der Waals surface area contributed by atoms with Gasteiger partial charge in [-0.05, 0) is 0 Å². The molecule has 0 aliphatic carbocycles. The van der Waals surface area contributed by atoms with Gasteiger partial charge in [-0.15, -0.1) is 9.79 Å². The van der Waals surface area contributed by atoms with Crippen molar-refractivity contribution in [1.82, 2.24) is 0 Å². The zero-order chi connectivity index (χ0) is 21.1. The summed E-state index contributed by atoms with van der Waals surface area (Å²) in [5, 5.41) is 15.2. The Kier molecular flexibility index (Phi) is 49.4. The summed E-state index contributed by atoms with van der Waals surface area (Å²) in [5.74, 6) is -1.94. The Morgan fingerprint density at radius 2 is 0.846 bits per heavy atom. The average molecular weight is 606 g/mol. The number of aliphatic carboxylic acids is 2. The average Bonchev–Trinajstić information content (AvgIpc) is 2.24. The Morgan fingerprint density at radius 3 is 0.846 bits per heavy atom. The zero-order valence-electron chi connectivity index (χ0n) is 13.5. The van der Waals surface area contributed by atoms with Crippen LogP contribution < -0.4 is 11.5 Å². The van der Waals surface area contributed by atoms with Crippen molar-refractivity contribution in [3.63, 3.8) is 0 Å². The van der Waals surface area contributed by atoms with Crippen molar-refractivity contribution >= 4 is 35.4 Å². The molecule has 0 saturated heterocycles. The van der Waals surface area contributed by atoms with E-state index in [4.69, 9.17) is 44.1 Å². The molecule has 0 amide bonds. The second-order valence-corrected chi connectivity index (χ2v) is 6.97. The van der Waals surface area contributed by atoms with Gasteiger partial charge in [0.25, 0.3) is 0 Å². The molecule has 20 heteroatoms. The van der Waals surface area contributed by atoms with Crippen LogP contribution in [0.25, 0.3) is 0 Å². The standard InChI is InChI=1S/2C2H5NO2.2CH5O3P.HO3P.2Zr/c2*3-1-2(4)5;2*1-5(2,3)4;1-4(2)3;;/h2*1,3H2,(H,4,5);2*1H3,(H2,2,3,4);(H-,1,2,3);;/p+1. The summed E-state index contributed by atoms with van der Waals surface area (Å²) in [4.78, 5) is 63.3. The van der Waals surface area contributed by atoms with Crippen molar-refractivity contribution in [1.29, 1.82) is 0 Å². The van der Waals surface area contributed by atoms with E-state index in [2.05, 4.69) is 11.5 Å². The van der Waals surface area contributed by atoms with Crippen LogP contribution in [0.15, 0.2) is 0 Å². The molecule has 0 aliphatic heterocycles. The molecule has 156 valence electrons. The first-order valence-electron chi connectivity index (χ1n) is 5.02. The minimum Gasteiger partial charge on any atom is -0.480 e. The topological polar surface area (TPSA) is 299 Å². The first kappa shape index (κ1) is 45.6. The number of hydrogen-bond acceptors (Lipinski definition) is 7. The third-order valence-electron chi connectivity index (χ3n) is 0.349. The molecule has 0 atom stereocenters. The molecule has 0 fully saturated rings. The van der Waals surface area contributed by atoms with Gasteiger partial charge in [0.05, 0.1) is 13.1 Å². The molecule has 0 aromatic heterocycles. The fourth-order valence-electron chi connectivity index (χ4n) is 0. The van der Waals surface area contributed by atoms with E-state index in [9.17, 15) is 18.7 Å². The Bertz CT molecular complexity index is 385. The molecule has 0 aliphatic rings. The molecule has 0 aromatic carbocycles. The van der Waals surface area contributed by atoms with Crippen LogP contribution in [-0.2, 0) is 75.7 Å². The van der Waals surface area contributed by atoms with E-state index < -0.39 is 35.4 Å². The molecule has 26 heavy (non-hydrogen) atoms. The maximum absolute atomic E-state index is 9.33. The van der Waals surface area contributed by atoms with Crippen LogP contribution in [0.4, 0.5) is 0 Å².